The highest BCUT2D eigenvalue weighted by molar-refractivity contribution is 7.53. The topological polar surface area (TPSA) is 74.0 Å². The van der Waals surface area contributed by atoms with Crippen LogP contribution >= 0.6 is 30.9 Å². The number of nitrogens with two attached hydrogens (primary N) is 1. The van der Waals surface area contributed by atoms with E-state index in [0.29, 0.717) is 37.2 Å². The summed E-state index contributed by atoms with van der Waals surface area (Å²) in [6.45, 7) is 5.34. The van der Waals surface area contributed by atoms with Crippen molar-refractivity contribution in [2.45, 2.75) is 33.2 Å². The molecule has 0 aliphatic carbocycles. The molecule has 0 radical (unpaired) electrons. The summed E-state index contributed by atoms with van der Waals surface area (Å²) in [5.74, 6) is 1.29. The van der Waals surface area contributed by atoms with Crippen molar-refractivity contribution in [3.8, 4) is 5.75 Å². The highest BCUT2D eigenvalue weighted by Crippen LogP contribution is 2.43. The van der Waals surface area contributed by atoms with Gasteiger partial charge < -0.3 is 14.0 Å². The van der Waals surface area contributed by atoms with Crippen molar-refractivity contribution < 1.29 is 18.6 Å². The van der Waals surface area contributed by atoms with Crippen LogP contribution in [0.5, 0.6) is 5.75 Å². The Hall–Kier alpha value is -0.330. The van der Waals surface area contributed by atoms with Gasteiger partial charge in [0.15, 0.2) is 6.29 Å². The number of alkyl halides is 2. The molecule has 0 bridgehead atoms. The molecule has 0 aliphatic rings. The van der Waals surface area contributed by atoms with E-state index in [1.807, 2.05) is 38.1 Å². The molecule has 25 heavy (non-hydrogen) atoms. The molecule has 2 unspecified atom stereocenters. The standard InChI is InChI=1S/C16H27Cl2N2O4P/c1-3-16(22-4-2)24-15-7-5-14(6-8-15)13-23-25(19,21)20(11-9-17)12-10-18/h5-8,16H,3-4,9-13H2,1-2H3,(H2,19,21). The van der Waals surface area contributed by atoms with Crippen molar-refractivity contribution in [1.82, 2.24) is 4.67 Å². The molecule has 2 N–H and O–H groups in total. The molecule has 0 fully saturated rings. The van der Waals surface area contributed by atoms with E-state index in [-0.39, 0.29) is 12.9 Å². The minimum Gasteiger partial charge on any atom is -0.465 e. The van der Waals surface area contributed by atoms with Gasteiger partial charge in [-0.25, -0.2) is 10.2 Å². The maximum atomic E-state index is 12.5. The molecule has 0 heterocycles. The SMILES string of the molecule is CCOC(CC)Oc1ccc(COP(N)(=O)N(CCCl)CCCl)cc1. The number of hydrogen-bond donors (Lipinski definition) is 1. The largest absolute Gasteiger partial charge is 0.465 e. The Balaban J connectivity index is 2.61. The van der Waals surface area contributed by atoms with E-state index in [1.54, 1.807) is 0 Å². The Labute approximate surface area is 160 Å². The summed E-state index contributed by atoms with van der Waals surface area (Å²) in [4.78, 5) is 0. The first-order chi connectivity index (χ1) is 12.0. The number of rotatable bonds is 13. The Kier molecular flexibility index (Phi) is 11.0. The average molecular weight is 413 g/mol. The highest BCUT2D eigenvalue weighted by atomic mass is 35.5. The first kappa shape index (κ1) is 22.7. The molecule has 0 spiro atoms. The van der Waals surface area contributed by atoms with Crippen LogP contribution in [0.1, 0.15) is 25.8 Å². The monoisotopic (exact) mass is 412 g/mol. The first-order valence-corrected chi connectivity index (χ1v) is 11.0. The van der Waals surface area contributed by atoms with Crippen LogP contribution in [-0.2, 0) is 20.4 Å². The summed E-state index contributed by atoms with van der Waals surface area (Å²) in [7, 11) is -3.44. The van der Waals surface area contributed by atoms with Crippen molar-refractivity contribution in [1.29, 1.82) is 0 Å². The van der Waals surface area contributed by atoms with E-state index in [9.17, 15) is 4.57 Å². The van der Waals surface area contributed by atoms with Gasteiger partial charge in [0, 0.05) is 37.9 Å². The van der Waals surface area contributed by atoms with E-state index in [2.05, 4.69) is 0 Å². The first-order valence-electron chi connectivity index (χ1n) is 8.24. The lowest BCUT2D eigenvalue weighted by Gasteiger charge is -2.26. The maximum absolute atomic E-state index is 12.5. The smallest absolute Gasteiger partial charge is 0.341 e. The molecular weight excluding hydrogens is 386 g/mol. The normalized spacial score (nSPS) is 15.1. The second-order valence-corrected chi connectivity index (χ2v) is 7.93. The van der Waals surface area contributed by atoms with Crippen molar-refractivity contribution in [2.75, 3.05) is 31.5 Å². The van der Waals surface area contributed by atoms with Crippen LogP contribution < -0.4 is 10.2 Å². The molecule has 1 rings (SSSR count). The fourth-order valence-corrected chi connectivity index (χ4v) is 3.97. The minimum atomic E-state index is -3.44. The summed E-state index contributed by atoms with van der Waals surface area (Å²) in [6, 6.07) is 7.30. The minimum absolute atomic E-state index is 0.123. The lowest BCUT2D eigenvalue weighted by Crippen LogP contribution is -2.29. The average Bonchev–Trinajstić information content (AvgIpc) is 2.60. The number of ether oxygens (including phenoxy) is 2. The van der Waals surface area contributed by atoms with Gasteiger partial charge in [0.25, 0.3) is 0 Å². The third-order valence-electron chi connectivity index (χ3n) is 3.37. The molecular formula is C16H27Cl2N2O4P. The predicted octanol–water partition coefficient (Wildman–Crippen LogP) is 4.20. The second-order valence-electron chi connectivity index (χ2n) is 5.22. The molecule has 0 saturated carbocycles. The van der Waals surface area contributed by atoms with Gasteiger partial charge in [-0.15, -0.1) is 23.2 Å². The van der Waals surface area contributed by atoms with Crippen LogP contribution in [0.15, 0.2) is 24.3 Å². The molecule has 0 saturated heterocycles. The van der Waals surface area contributed by atoms with Crippen LogP contribution in [0.2, 0.25) is 0 Å². The maximum Gasteiger partial charge on any atom is 0.341 e. The predicted molar refractivity (Wildman–Crippen MR) is 102 cm³/mol. The third-order valence-corrected chi connectivity index (χ3v) is 5.40. The zero-order valence-corrected chi connectivity index (χ0v) is 17.1. The zero-order chi connectivity index (χ0) is 18.7. The summed E-state index contributed by atoms with van der Waals surface area (Å²) >= 11 is 11.4. The molecule has 0 amide bonds. The molecule has 0 aliphatic heterocycles. The molecule has 9 heteroatoms. The molecule has 144 valence electrons. The Morgan fingerprint density at radius 2 is 1.76 bits per heavy atom. The zero-order valence-electron chi connectivity index (χ0n) is 14.7. The van der Waals surface area contributed by atoms with Crippen LogP contribution in [0.25, 0.3) is 0 Å². The highest BCUT2D eigenvalue weighted by Gasteiger charge is 2.26. The number of halogens is 2. The summed E-state index contributed by atoms with van der Waals surface area (Å²) in [5, 5.41) is 0. The number of hydrogen-bond acceptors (Lipinski definition) is 4. The second kappa shape index (κ2) is 12.1. The van der Waals surface area contributed by atoms with Gasteiger partial charge >= 0.3 is 7.67 Å². The molecule has 0 aromatic heterocycles. The van der Waals surface area contributed by atoms with Gasteiger partial charge in [-0.1, -0.05) is 19.1 Å². The fraction of sp³-hybridized carbons (Fsp3) is 0.625. The van der Waals surface area contributed by atoms with E-state index in [0.717, 1.165) is 12.0 Å². The van der Waals surface area contributed by atoms with Crippen molar-refractivity contribution in [3.63, 3.8) is 0 Å². The van der Waals surface area contributed by atoms with Crippen LogP contribution in [0.4, 0.5) is 0 Å². The molecule has 1 aromatic carbocycles. The number of nitrogens with zero attached hydrogens (tertiary/aromatic N) is 1. The van der Waals surface area contributed by atoms with E-state index < -0.39 is 7.67 Å². The van der Waals surface area contributed by atoms with Crippen molar-refractivity contribution in [3.05, 3.63) is 29.8 Å². The molecule has 2 atom stereocenters. The van der Waals surface area contributed by atoms with E-state index in [4.69, 9.17) is 42.7 Å². The lowest BCUT2D eigenvalue weighted by atomic mass is 10.2. The van der Waals surface area contributed by atoms with Gasteiger partial charge in [0.05, 0.1) is 6.61 Å². The van der Waals surface area contributed by atoms with Gasteiger partial charge in [0.1, 0.15) is 5.75 Å². The van der Waals surface area contributed by atoms with Crippen molar-refractivity contribution in [2.24, 2.45) is 5.50 Å². The summed E-state index contributed by atoms with van der Waals surface area (Å²) < 4.78 is 30.6. The van der Waals surface area contributed by atoms with Gasteiger partial charge in [0.2, 0.25) is 0 Å². The summed E-state index contributed by atoms with van der Waals surface area (Å²) in [5.41, 5.74) is 6.66. The fourth-order valence-electron chi connectivity index (χ4n) is 2.07. The van der Waals surface area contributed by atoms with Gasteiger partial charge in [-0.2, -0.15) is 0 Å². The number of benzene rings is 1. The molecule has 1 aromatic rings. The van der Waals surface area contributed by atoms with Gasteiger partial charge in [-0.3, -0.25) is 4.57 Å². The Morgan fingerprint density at radius 1 is 1.16 bits per heavy atom. The van der Waals surface area contributed by atoms with Gasteiger partial charge in [-0.05, 0) is 24.6 Å². The van der Waals surface area contributed by atoms with Crippen LogP contribution in [-0.4, -0.2) is 42.4 Å². The van der Waals surface area contributed by atoms with E-state index in [1.165, 1.54) is 4.67 Å². The summed E-state index contributed by atoms with van der Waals surface area (Å²) in [6.07, 6.45) is 0.488. The van der Waals surface area contributed by atoms with Crippen molar-refractivity contribution >= 4 is 30.9 Å². The van der Waals surface area contributed by atoms with Crippen LogP contribution in [0, 0.1) is 0 Å². The molecule has 6 nitrogen and oxygen atoms in total. The Morgan fingerprint density at radius 3 is 2.24 bits per heavy atom. The third kappa shape index (κ3) is 8.27. The lowest BCUT2D eigenvalue weighted by molar-refractivity contribution is -0.0766. The van der Waals surface area contributed by atoms with Crippen LogP contribution in [0.3, 0.4) is 0 Å². The Bertz CT molecular complexity index is 527. The quantitative estimate of drug-likeness (QED) is 0.297. The van der Waals surface area contributed by atoms with E-state index >= 15 is 0 Å².